The molecule has 0 radical (unpaired) electrons. The number of aryl methyl sites for hydroxylation is 1. The van der Waals surface area contributed by atoms with Gasteiger partial charge in [-0.3, -0.25) is 4.79 Å². The molecule has 0 saturated carbocycles. The lowest BCUT2D eigenvalue weighted by molar-refractivity contribution is -0.136. The molecule has 1 aromatic rings. The Balaban J connectivity index is 2.23. The lowest BCUT2D eigenvalue weighted by Gasteiger charge is -2.16. The Hall–Kier alpha value is -2.68. The smallest absolute Gasteiger partial charge is 0.337 e. The number of nitrogens with zero attached hydrogens (tertiary/aromatic N) is 1. The van der Waals surface area contributed by atoms with E-state index >= 15 is 0 Å². The van der Waals surface area contributed by atoms with Gasteiger partial charge in [-0.2, -0.15) is 0 Å². The number of amides is 1. The fourth-order valence-electron chi connectivity index (χ4n) is 2.51. The van der Waals surface area contributed by atoms with Crippen LogP contribution in [0.4, 0.5) is 14.5 Å². The monoisotopic (exact) mass is 370 g/mol. The zero-order valence-electron chi connectivity index (χ0n) is 14.4. The molecule has 142 valence electrons. The summed E-state index contributed by atoms with van der Waals surface area (Å²) in [5, 5.41) is 12.0. The number of alkyl halides is 2. The summed E-state index contributed by atoms with van der Waals surface area (Å²) < 4.78 is 34.1. The van der Waals surface area contributed by atoms with Crippen molar-refractivity contribution in [1.82, 2.24) is 4.90 Å². The highest BCUT2D eigenvalue weighted by Gasteiger charge is 2.34. The van der Waals surface area contributed by atoms with Gasteiger partial charge in [-0.15, -0.1) is 0 Å². The maximum Gasteiger partial charge on any atom is 0.337 e. The number of esters is 1. The summed E-state index contributed by atoms with van der Waals surface area (Å²) in [6.45, 7) is 0.884. The third-order valence-corrected chi connectivity index (χ3v) is 3.79. The summed E-state index contributed by atoms with van der Waals surface area (Å²) in [5.74, 6) is -0.803. The number of methoxy groups -OCH3 is 1. The van der Waals surface area contributed by atoms with E-state index in [9.17, 15) is 18.4 Å². The van der Waals surface area contributed by atoms with Gasteiger partial charge in [0.15, 0.2) is 0 Å². The number of β-amino-alcohol motifs (C(OH)–C–C–N with tert-alkyl or cyclic N) is 1. The molecule has 1 amide bonds. The number of carbonyl (C=O) groups excluding carboxylic acids is 2. The number of carbonyl (C=O) groups is 2. The standard InChI is InChI=1S/C17H20F2N2O5/c1-10-7-11(26-9-14(18)19)3-4-13(10)20-15-12(17(24)25-2)8-21(5-6-22)16(15)23/h3-4,7,14,20,22H,5-6,8-9H2,1-2H3. The van der Waals surface area contributed by atoms with E-state index in [4.69, 9.17) is 14.6 Å². The van der Waals surface area contributed by atoms with E-state index in [1.165, 1.54) is 18.1 Å². The first-order valence-corrected chi connectivity index (χ1v) is 7.87. The first-order valence-electron chi connectivity index (χ1n) is 7.87. The van der Waals surface area contributed by atoms with E-state index in [1.807, 2.05) is 0 Å². The zero-order valence-corrected chi connectivity index (χ0v) is 14.4. The maximum absolute atomic E-state index is 12.5. The van der Waals surface area contributed by atoms with Crippen LogP contribution in [0.5, 0.6) is 5.75 Å². The molecule has 0 aliphatic carbocycles. The van der Waals surface area contributed by atoms with Gasteiger partial charge in [0.2, 0.25) is 0 Å². The lowest BCUT2D eigenvalue weighted by atomic mass is 10.1. The summed E-state index contributed by atoms with van der Waals surface area (Å²) in [5.41, 5.74) is 1.38. The molecular weight excluding hydrogens is 350 g/mol. The van der Waals surface area contributed by atoms with Crippen molar-refractivity contribution in [3.05, 3.63) is 35.0 Å². The highest BCUT2D eigenvalue weighted by Crippen LogP contribution is 2.27. The predicted octanol–water partition coefficient (Wildman–Crippen LogP) is 1.31. The molecule has 7 nitrogen and oxygen atoms in total. The normalized spacial score (nSPS) is 14.2. The fourth-order valence-corrected chi connectivity index (χ4v) is 2.51. The first-order chi connectivity index (χ1) is 12.4. The van der Waals surface area contributed by atoms with Gasteiger partial charge in [-0.25, -0.2) is 13.6 Å². The number of hydrogen-bond donors (Lipinski definition) is 2. The van der Waals surface area contributed by atoms with Gasteiger partial charge in [-0.05, 0) is 30.7 Å². The molecule has 0 atom stereocenters. The molecule has 0 unspecified atom stereocenters. The third-order valence-electron chi connectivity index (χ3n) is 3.79. The molecule has 0 saturated heterocycles. The summed E-state index contributed by atoms with van der Waals surface area (Å²) in [7, 11) is 1.21. The Morgan fingerprint density at radius 3 is 2.73 bits per heavy atom. The van der Waals surface area contributed by atoms with E-state index in [1.54, 1.807) is 19.1 Å². The number of anilines is 1. The summed E-state index contributed by atoms with van der Waals surface area (Å²) in [6.07, 6.45) is -2.57. The van der Waals surface area contributed by atoms with Crippen LogP contribution in [-0.2, 0) is 14.3 Å². The average Bonchev–Trinajstić information content (AvgIpc) is 2.91. The van der Waals surface area contributed by atoms with Crippen LogP contribution in [0.3, 0.4) is 0 Å². The van der Waals surface area contributed by atoms with Crippen LogP contribution in [0.15, 0.2) is 29.5 Å². The molecule has 1 heterocycles. The van der Waals surface area contributed by atoms with Gasteiger partial charge in [0.05, 0.1) is 25.8 Å². The van der Waals surface area contributed by atoms with Crippen molar-refractivity contribution in [2.24, 2.45) is 0 Å². The lowest BCUT2D eigenvalue weighted by Crippen LogP contribution is -2.31. The number of aliphatic hydroxyl groups excluding tert-OH is 1. The van der Waals surface area contributed by atoms with E-state index in [-0.39, 0.29) is 36.7 Å². The number of hydrogen-bond acceptors (Lipinski definition) is 6. The van der Waals surface area contributed by atoms with Crippen molar-refractivity contribution in [2.75, 3.05) is 38.7 Å². The minimum atomic E-state index is -2.57. The van der Waals surface area contributed by atoms with Crippen molar-refractivity contribution in [2.45, 2.75) is 13.3 Å². The Bertz CT molecular complexity index is 721. The number of nitrogens with one attached hydrogen (secondary N) is 1. The maximum atomic E-state index is 12.5. The molecule has 26 heavy (non-hydrogen) atoms. The number of halogens is 2. The molecular formula is C17H20F2N2O5. The van der Waals surface area contributed by atoms with Gasteiger partial charge in [-0.1, -0.05) is 0 Å². The molecule has 1 aliphatic rings. The zero-order chi connectivity index (χ0) is 19.3. The minimum Gasteiger partial charge on any atom is -0.488 e. The van der Waals surface area contributed by atoms with Crippen LogP contribution in [0.2, 0.25) is 0 Å². The van der Waals surface area contributed by atoms with E-state index < -0.39 is 24.9 Å². The topological polar surface area (TPSA) is 88.1 Å². The molecule has 0 bridgehead atoms. The van der Waals surface area contributed by atoms with Crippen LogP contribution in [0.25, 0.3) is 0 Å². The Morgan fingerprint density at radius 2 is 2.15 bits per heavy atom. The van der Waals surface area contributed by atoms with Crippen molar-refractivity contribution in [3.8, 4) is 5.75 Å². The largest absolute Gasteiger partial charge is 0.488 e. The van der Waals surface area contributed by atoms with Crippen molar-refractivity contribution in [3.63, 3.8) is 0 Å². The van der Waals surface area contributed by atoms with Crippen molar-refractivity contribution >= 4 is 17.6 Å². The fraction of sp³-hybridized carbons (Fsp3) is 0.412. The van der Waals surface area contributed by atoms with Crippen LogP contribution in [-0.4, -0.2) is 61.7 Å². The van der Waals surface area contributed by atoms with Crippen molar-refractivity contribution in [1.29, 1.82) is 0 Å². The number of rotatable bonds is 8. The van der Waals surface area contributed by atoms with Gasteiger partial charge >= 0.3 is 5.97 Å². The Morgan fingerprint density at radius 1 is 1.42 bits per heavy atom. The van der Waals surface area contributed by atoms with Crippen LogP contribution in [0, 0.1) is 6.92 Å². The van der Waals surface area contributed by atoms with Gasteiger partial charge in [0.25, 0.3) is 12.3 Å². The molecule has 9 heteroatoms. The molecule has 2 N–H and O–H groups in total. The average molecular weight is 370 g/mol. The second-order valence-corrected chi connectivity index (χ2v) is 5.60. The summed E-state index contributed by atoms with van der Waals surface area (Å²) in [4.78, 5) is 25.7. The molecule has 0 spiro atoms. The van der Waals surface area contributed by atoms with E-state index in [0.29, 0.717) is 11.3 Å². The number of ether oxygens (including phenoxy) is 2. The molecule has 1 aliphatic heterocycles. The van der Waals surface area contributed by atoms with Gasteiger partial charge in [0.1, 0.15) is 18.1 Å². The molecule has 0 fully saturated rings. The SMILES string of the molecule is COC(=O)C1=C(Nc2ccc(OCC(F)F)cc2C)C(=O)N(CCO)C1. The van der Waals surface area contributed by atoms with Crippen molar-refractivity contribution < 1.29 is 33.0 Å². The van der Waals surface area contributed by atoms with Crippen LogP contribution >= 0.6 is 0 Å². The predicted molar refractivity (Wildman–Crippen MR) is 89.0 cm³/mol. The first kappa shape index (κ1) is 19.6. The van der Waals surface area contributed by atoms with E-state index in [2.05, 4.69) is 5.32 Å². The highest BCUT2D eigenvalue weighted by molar-refractivity contribution is 6.08. The Kier molecular flexibility index (Phi) is 6.51. The summed E-state index contributed by atoms with van der Waals surface area (Å²) in [6, 6.07) is 4.61. The van der Waals surface area contributed by atoms with Crippen LogP contribution < -0.4 is 10.1 Å². The summed E-state index contributed by atoms with van der Waals surface area (Å²) >= 11 is 0. The second-order valence-electron chi connectivity index (χ2n) is 5.60. The Labute approximate surface area is 149 Å². The number of benzene rings is 1. The molecule has 0 aromatic heterocycles. The number of aliphatic hydroxyl groups is 1. The van der Waals surface area contributed by atoms with Gasteiger partial charge < -0.3 is 24.8 Å². The molecule has 2 rings (SSSR count). The molecule has 1 aromatic carbocycles. The van der Waals surface area contributed by atoms with Gasteiger partial charge in [0, 0.05) is 12.2 Å². The van der Waals surface area contributed by atoms with Crippen LogP contribution in [0.1, 0.15) is 5.56 Å². The highest BCUT2D eigenvalue weighted by atomic mass is 19.3. The third kappa shape index (κ3) is 4.48. The second kappa shape index (κ2) is 8.61. The minimum absolute atomic E-state index is 0.0308. The van der Waals surface area contributed by atoms with E-state index in [0.717, 1.165) is 0 Å². The quantitative estimate of drug-likeness (QED) is 0.671.